The van der Waals surface area contributed by atoms with Crippen molar-refractivity contribution >= 4 is 5.91 Å². The first-order valence-corrected chi connectivity index (χ1v) is 9.99. The Hall–Kier alpha value is -3.27. The Balaban J connectivity index is 1.47. The van der Waals surface area contributed by atoms with Gasteiger partial charge in [-0.25, -0.2) is 0 Å². The van der Waals surface area contributed by atoms with Crippen LogP contribution in [0.25, 0.3) is 11.1 Å². The van der Waals surface area contributed by atoms with E-state index in [-0.39, 0.29) is 5.91 Å². The van der Waals surface area contributed by atoms with Gasteiger partial charge in [0.15, 0.2) is 0 Å². The Morgan fingerprint density at radius 1 is 0.897 bits per heavy atom. The highest BCUT2D eigenvalue weighted by Crippen LogP contribution is 2.26. The number of hydrogen-bond donors (Lipinski definition) is 0. The Bertz CT molecular complexity index is 961. The molecule has 0 N–H and O–H groups in total. The van der Waals surface area contributed by atoms with Gasteiger partial charge in [0.2, 0.25) is 0 Å². The number of ether oxygens (including phenoxy) is 2. The molecular formula is C25H25NO3. The van der Waals surface area contributed by atoms with Crippen molar-refractivity contribution in [3.63, 3.8) is 0 Å². The molecule has 4 heteroatoms. The predicted octanol–water partition coefficient (Wildman–Crippen LogP) is 5.18. The number of carbonyl (C=O) groups is 1. The second-order valence-electron chi connectivity index (χ2n) is 7.21. The van der Waals surface area contributed by atoms with Gasteiger partial charge in [0.1, 0.15) is 18.1 Å². The van der Waals surface area contributed by atoms with Crippen LogP contribution >= 0.6 is 0 Å². The number of nitrogens with zero attached hydrogens (tertiary/aromatic N) is 1. The molecule has 0 bridgehead atoms. The smallest absolute Gasteiger partial charge is 0.253 e. The van der Waals surface area contributed by atoms with Gasteiger partial charge in [0.25, 0.3) is 5.91 Å². The van der Waals surface area contributed by atoms with Crippen LogP contribution in [0.2, 0.25) is 0 Å². The van der Waals surface area contributed by atoms with Crippen LogP contribution in [0, 0.1) is 0 Å². The standard InChI is InChI=1S/C25H25NO3/c1-28-24-14-11-21(25(27)26-15-5-6-16-26)17-22(24)18-29-23-12-9-20(10-13-23)19-7-3-2-4-8-19/h2-4,7-14,17H,5-6,15-16,18H2,1H3. The summed E-state index contributed by atoms with van der Waals surface area (Å²) in [5.41, 5.74) is 3.87. The number of benzene rings is 3. The summed E-state index contributed by atoms with van der Waals surface area (Å²) in [6.45, 7) is 2.02. The number of methoxy groups -OCH3 is 1. The third kappa shape index (κ3) is 4.43. The highest BCUT2D eigenvalue weighted by Gasteiger charge is 2.20. The lowest BCUT2D eigenvalue weighted by molar-refractivity contribution is 0.0792. The summed E-state index contributed by atoms with van der Waals surface area (Å²) < 4.78 is 11.4. The van der Waals surface area contributed by atoms with Gasteiger partial charge >= 0.3 is 0 Å². The largest absolute Gasteiger partial charge is 0.496 e. The minimum absolute atomic E-state index is 0.0821. The van der Waals surface area contributed by atoms with Gasteiger partial charge in [0.05, 0.1) is 7.11 Å². The molecule has 148 valence electrons. The third-order valence-electron chi connectivity index (χ3n) is 5.28. The monoisotopic (exact) mass is 387 g/mol. The molecule has 0 spiro atoms. The van der Waals surface area contributed by atoms with Crippen molar-refractivity contribution in [2.24, 2.45) is 0 Å². The first-order chi connectivity index (χ1) is 14.2. The fourth-order valence-corrected chi connectivity index (χ4v) is 3.66. The normalized spacial score (nSPS) is 13.3. The Morgan fingerprint density at radius 2 is 1.59 bits per heavy atom. The number of carbonyl (C=O) groups excluding carboxylic acids is 1. The van der Waals surface area contributed by atoms with Crippen LogP contribution in [0.1, 0.15) is 28.8 Å². The summed E-state index contributed by atoms with van der Waals surface area (Å²) in [6, 6.07) is 23.8. The van der Waals surface area contributed by atoms with Crippen molar-refractivity contribution in [2.75, 3.05) is 20.2 Å². The molecule has 1 aliphatic rings. The van der Waals surface area contributed by atoms with E-state index in [9.17, 15) is 4.79 Å². The Kier molecular flexibility index (Phi) is 5.80. The number of likely N-dealkylation sites (tertiary alicyclic amines) is 1. The number of rotatable bonds is 6. The maximum atomic E-state index is 12.7. The summed E-state index contributed by atoms with van der Waals surface area (Å²) in [5, 5.41) is 0. The SMILES string of the molecule is COc1ccc(C(=O)N2CCCC2)cc1COc1ccc(-c2ccccc2)cc1. The first-order valence-electron chi connectivity index (χ1n) is 9.99. The molecule has 0 radical (unpaired) electrons. The molecule has 0 unspecified atom stereocenters. The molecule has 3 aromatic rings. The third-order valence-corrected chi connectivity index (χ3v) is 5.28. The Morgan fingerprint density at radius 3 is 2.28 bits per heavy atom. The van der Waals surface area contributed by atoms with E-state index in [1.807, 2.05) is 53.4 Å². The summed E-state index contributed by atoms with van der Waals surface area (Å²) in [4.78, 5) is 14.6. The van der Waals surface area contributed by atoms with Gasteiger partial charge in [-0.15, -0.1) is 0 Å². The molecule has 1 amide bonds. The molecule has 0 aromatic heterocycles. The average Bonchev–Trinajstić information content (AvgIpc) is 3.33. The van der Waals surface area contributed by atoms with Crippen LogP contribution in [0.5, 0.6) is 11.5 Å². The molecule has 0 saturated carbocycles. The lowest BCUT2D eigenvalue weighted by Crippen LogP contribution is -2.27. The van der Waals surface area contributed by atoms with Gasteiger partial charge in [0, 0.05) is 24.2 Å². The molecular weight excluding hydrogens is 362 g/mol. The van der Waals surface area contributed by atoms with E-state index >= 15 is 0 Å². The van der Waals surface area contributed by atoms with E-state index in [4.69, 9.17) is 9.47 Å². The van der Waals surface area contributed by atoms with Gasteiger partial charge < -0.3 is 14.4 Å². The van der Waals surface area contributed by atoms with Crippen molar-refractivity contribution in [1.29, 1.82) is 0 Å². The van der Waals surface area contributed by atoms with Crippen LogP contribution in [0.15, 0.2) is 72.8 Å². The molecule has 4 nitrogen and oxygen atoms in total. The average molecular weight is 387 g/mol. The zero-order valence-corrected chi connectivity index (χ0v) is 16.6. The van der Waals surface area contributed by atoms with Crippen LogP contribution in [0.4, 0.5) is 0 Å². The molecule has 3 aromatic carbocycles. The highest BCUT2D eigenvalue weighted by atomic mass is 16.5. The zero-order chi connectivity index (χ0) is 20.1. The summed E-state index contributed by atoms with van der Waals surface area (Å²) in [6.07, 6.45) is 2.16. The van der Waals surface area contributed by atoms with Gasteiger partial charge in [-0.2, -0.15) is 0 Å². The predicted molar refractivity (Wildman–Crippen MR) is 114 cm³/mol. The quantitative estimate of drug-likeness (QED) is 0.585. The van der Waals surface area contributed by atoms with Crippen molar-refractivity contribution < 1.29 is 14.3 Å². The van der Waals surface area contributed by atoms with Crippen molar-refractivity contribution in [3.8, 4) is 22.6 Å². The van der Waals surface area contributed by atoms with Crippen LogP contribution in [0.3, 0.4) is 0 Å². The van der Waals surface area contributed by atoms with E-state index in [2.05, 4.69) is 24.3 Å². The first kappa shape index (κ1) is 19.1. The van der Waals surface area contributed by atoms with Crippen molar-refractivity contribution in [3.05, 3.63) is 83.9 Å². The molecule has 0 atom stereocenters. The molecule has 1 heterocycles. The fourth-order valence-electron chi connectivity index (χ4n) is 3.66. The summed E-state index contributed by atoms with van der Waals surface area (Å²) in [7, 11) is 1.63. The lowest BCUT2D eigenvalue weighted by Gasteiger charge is -2.17. The lowest BCUT2D eigenvalue weighted by atomic mass is 10.1. The van der Waals surface area contributed by atoms with Gasteiger partial charge in [-0.1, -0.05) is 42.5 Å². The van der Waals surface area contributed by atoms with Crippen LogP contribution < -0.4 is 9.47 Å². The topological polar surface area (TPSA) is 38.8 Å². The van der Waals surface area contributed by atoms with Crippen molar-refractivity contribution in [1.82, 2.24) is 4.90 Å². The molecule has 1 aliphatic heterocycles. The maximum Gasteiger partial charge on any atom is 0.253 e. The van der Waals surface area contributed by atoms with E-state index in [1.165, 1.54) is 5.56 Å². The second kappa shape index (κ2) is 8.82. The molecule has 1 saturated heterocycles. The maximum absolute atomic E-state index is 12.7. The summed E-state index contributed by atoms with van der Waals surface area (Å²) >= 11 is 0. The van der Waals surface area contributed by atoms with E-state index in [1.54, 1.807) is 7.11 Å². The molecule has 4 rings (SSSR count). The van der Waals surface area contributed by atoms with E-state index < -0.39 is 0 Å². The van der Waals surface area contributed by atoms with Gasteiger partial charge in [-0.3, -0.25) is 4.79 Å². The van der Waals surface area contributed by atoms with Crippen LogP contribution in [-0.4, -0.2) is 31.0 Å². The second-order valence-corrected chi connectivity index (χ2v) is 7.21. The van der Waals surface area contributed by atoms with E-state index in [0.717, 1.165) is 48.6 Å². The minimum atomic E-state index is 0.0821. The number of hydrogen-bond acceptors (Lipinski definition) is 3. The highest BCUT2D eigenvalue weighted by molar-refractivity contribution is 5.94. The van der Waals surface area contributed by atoms with E-state index in [0.29, 0.717) is 12.2 Å². The van der Waals surface area contributed by atoms with Crippen molar-refractivity contribution in [2.45, 2.75) is 19.4 Å². The molecule has 29 heavy (non-hydrogen) atoms. The molecule has 0 aliphatic carbocycles. The zero-order valence-electron chi connectivity index (χ0n) is 16.6. The fraction of sp³-hybridized carbons (Fsp3) is 0.240. The Labute approximate surface area is 171 Å². The van der Waals surface area contributed by atoms with Crippen LogP contribution in [-0.2, 0) is 6.61 Å². The summed E-state index contributed by atoms with van der Waals surface area (Å²) in [5.74, 6) is 1.59. The number of amides is 1. The molecule has 1 fully saturated rings. The minimum Gasteiger partial charge on any atom is -0.496 e. The van der Waals surface area contributed by atoms with Gasteiger partial charge in [-0.05, 0) is 54.3 Å².